The number of carbonyl (C=O) groups is 1. The van der Waals surface area contributed by atoms with E-state index in [1.807, 2.05) is 56.9 Å². The molecular formula is C22H27N7O. The first-order chi connectivity index (χ1) is 14.3. The lowest BCUT2D eigenvalue weighted by atomic mass is 10.0. The van der Waals surface area contributed by atoms with Crippen LogP contribution in [0.3, 0.4) is 0 Å². The van der Waals surface area contributed by atoms with Crippen LogP contribution in [-0.2, 0) is 11.8 Å². The van der Waals surface area contributed by atoms with Crippen molar-refractivity contribution < 1.29 is 4.79 Å². The fraction of sp³-hybridized carbons (Fsp3) is 0.364. The largest absolute Gasteiger partial charge is 0.356 e. The fourth-order valence-electron chi connectivity index (χ4n) is 4.08. The number of hydrogen-bond acceptors (Lipinski definition) is 6. The number of carbonyl (C=O) groups excluding carboxylic acids is 1. The van der Waals surface area contributed by atoms with E-state index < -0.39 is 0 Å². The minimum absolute atomic E-state index is 0.0967. The molecule has 8 nitrogen and oxygen atoms in total. The zero-order valence-corrected chi connectivity index (χ0v) is 18.2. The normalized spacial score (nSPS) is 16.2. The first-order valence-electron chi connectivity index (χ1n) is 10.1. The van der Waals surface area contributed by atoms with Crippen LogP contribution in [0.15, 0.2) is 36.5 Å². The predicted molar refractivity (Wildman–Crippen MR) is 119 cm³/mol. The second-order valence-corrected chi connectivity index (χ2v) is 7.96. The van der Waals surface area contributed by atoms with Crippen LogP contribution in [0.25, 0.3) is 11.4 Å². The van der Waals surface area contributed by atoms with E-state index in [0.29, 0.717) is 5.95 Å². The molecule has 2 aromatic heterocycles. The lowest BCUT2D eigenvalue weighted by molar-refractivity contribution is -0.119. The standard InChI is InChI=1S/C22H27N7O/c1-13(2)29-15(4)21(30)27(5)18-8-7-16(12-20(18)29)24-22-23-10-9-17(25-22)19-11-14(3)26-28(19)6/h7-13,15H,1-6H3,(H,23,24,25)/t15-/m1/s1. The number of aryl methyl sites for hydroxylation is 2. The topological polar surface area (TPSA) is 79.2 Å². The van der Waals surface area contributed by atoms with Gasteiger partial charge in [0.25, 0.3) is 0 Å². The Kier molecular flexibility index (Phi) is 4.93. The third-order valence-corrected chi connectivity index (χ3v) is 5.45. The van der Waals surface area contributed by atoms with Gasteiger partial charge in [-0.2, -0.15) is 5.10 Å². The molecule has 0 radical (unpaired) electrons. The number of benzene rings is 1. The van der Waals surface area contributed by atoms with Crippen molar-refractivity contribution in [2.75, 3.05) is 22.2 Å². The Morgan fingerprint density at radius 1 is 1.10 bits per heavy atom. The quantitative estimate of drug-likeness (QED) is 0.716. The Morgan fingerprint density at radius 3 is 2.53 bits per heavy atom. The van der Waals surface area contributed by atoms with E-state index in [1.165, 1.54) is 0 Å². The Bertz CT molecular complexity index is 1100. The lowest BCUT2D eigenvalue weighted by Crippen LogP contribution is -2.53. The summed E-state index contributed by atoms with van der Waals surface area (Å²) >= 11 is 0. The van der Waals surface area contributed by atoms with E-state index in [2.05, 4.69) is 45.2 Å². The number of nitrogens with one attached hydrogen (secondary N) is 1. The van der Waals surface area contributed by atoms with E-state index in [4.69, 9.17) is 0 Å². The van der Waals surface area contributed by atoms with Crippen molar-refractivity contribution in [3.05, 3.63) is 42.2 Å². The van der Waals surface area contributed by atoms with Gasteiger partial charge in [0.2, 0.25) is 11.9 Å². The van der Waals surface area contributed by atoms with Crippen LogP contribution in [0.2, 0.25) is 0 Å². The van der Waals surface area contributed by atoms with E-state index in [9.17, 15) is 4.79 Å². The summed E-state index contributed by atoms with van der Waals surface area (Å²) in [6, 6.07) is 9.81. The molecule has 30 heavy (non-hydrogen) atoms. The highest BCUT2D eigenvalue weighted by Crippen LogP contribution is 2.39. The van der Waals surface area contributed by atoms with Crippen LogP contribution >= 0.6 is 0 Å². The van der Waals surface area contributed by atoms with Crippen molar-refractivity contribution in [3.8, 4) is 11.4 Å². The van der Waals surface area contributed by atoms with Crippen molar-refractivity contribution in [1.29, 1.82) is 0 Å². The summed E-state index contributed by atoms with van der Waals surface area (Å²) in [5, 5.41) is 7.70. The molecule has 0 unspecified atom stereocenters. The highest BCUT2D eigenvalue weighted by atomic mass is 16.2. The number of amides is 1. The molecule has 1 atom stereocenters. The average Bonchev–Trinajstić information content (AvgIpc) is 3.04. The van der Waals surface area contributed by atoms with Gasteiger partial charge in [-0.1, -0.05) is 0 Å². The second-order valence-electron chi connectivity index (χ2n) is 7.96. The van der Waals surface area contributed by atoms with Crippen LogP contribution < -0.4 is 15.1 Å². The van der Waals surface area contributed by atoms with Gasteiger partial charge >= 0.3 is 0 Å². The van der Waals surface area contributed by atoms with Gasteiger partial charge in [0, 0.05) is 32.0 Å². The van der Waals surface area contributed by atoms with E-state index in [-0.39, 0.29) is 18.0 Å². The lowest BCUT2D eigenvalue weighted by Gasteiger charge is -2.42. The van der Waals surface area contributed by atoms with E-state index in [0.717, 1.165) is 34.1 Å². The fourth-order valence-corrected chi connectivity index (χ4v) is 4.08. The van der Waals surface area contributed by atoms with Crippen molar-refractivity contribution in [1.82, 2.24) is 19.7 Å². The summed E-state index contributed by atoms with van der Waals surface area (Å²) in [7, 11) is 3.73. The maximum atomic E-state index is 12.6. The molecule has 0 spiro atoms. The van der Waals surface area contributed by atoms with Gasteiger partial charge in [0.1, 0.15) is 6.04 Å². The molecule has 3 aromatic rings. The minimum Gasteiger partial charge on any atom is -0.356 e. The van der Waals surface area contributed by atoms with Crippen LogP contribution in [0.4, 0.5) is 23.0 Å². The Labute approximate surface area is 176 Å². The molecule has 0 aliphatic carbocycles. The second kappa shape index (κ2) is 7.44. The third kappa shape index (κ3) is 3.38. The number of fused-ring (bicyclic) bond motifs is 1. The Hall–Kier alpha value is -3.42. The van der Waals surface area contributed by atoms with Crippen LogP contribution in [0, 0.1) is 6.92 Å². The summed E-state index contributed by atoms with van der Waals surface area (Å²) < 4.78 is 1.81. The number of likely N-dealkylation sites (N-methyl/N-ethyl adjacent to an activating group) is 1. The molecule has 3 heterocycles. The Balaban J connectivity index is 1.68. The molecule has 1 aliphatic heterocycles. The van der Waals surface area contributed by atoms with Gasteiger partial charge < -0.3 is 15.1 Å². The van der Waals surface area contributed by atoms with Gasteiger partial charge in [-0.15, -0.1) is 0 Å². The number of hydrogen-bond donors (Lipinski definition) is 1. The zero-order valence-electron chi connectivity index (χ0n) is 18.2. The molecule has 0 saturated heterocycles. The Morgan fingerprint density at radius 2 is 1.87 bits per heavy atom. The number of rotatable bonds is 4. The molecule has 0 bridgehead atoms. The molecule has 1 N–H and O–H groups in total. The number of nitrogens with zero attached hydrogens (tertiary/aromatic N) is 6. The molecule has 1 amide bonds. The SMILES string of the molecule is Cc1cc(-c2ccnc(Nc3ccc4c(c3)N(C(C)C)[C@H](C)C(=O)N4C)n2)n(C)n1. The van der Waals surface area contributed by atoms with Crippen LogP contribution in [-0.4, -0.2) is 44.8 Å². The number of aromatic nitrogens is 4. The van der Waals surface area contributed by atoms with Crippen LogP contribution in [0.5, 0.6) is 0 Å². The zero-order chi connectivity index (χ0) is 21.6. The van der Waals surface area contributed by atoms with Gasteiger partial charge in [-0.05, 0) is 58.0 Å². The maximum absolute atomic E-state index is 12.6. The van der Waals surface area contributed by atoms with Gasteiger partial charge in [0.15, 0.2) is 0 Å². The maximum Gasteiger partial charge on any atom is 0.249 e. The first kappa shape index (κ1) is 19.9. The van der Waals surface area contributed by atoms with Crippen molar-refractivity contribution in [2.24, 2.45) is 7.05 Å². The van der Waals surface area contributed by atoms with Crippen LogP contribution in [0.1, 0.15) is 26.5 Å². The van der Waals surface area contributed by atoms with E-state index >= 15 is 0 Å². The van der Waals surface area contributed by atoms with Gasteiger partial charge in [-0.3, -0.25) is 9.48 Å². The van der Waals surface area contributed by atoms with E-state index in [1.54, 1.807) is 11.1 Å². The molecule has 0 fully saturated rings. The van der Waals surface area contributed by atoms with Gasteiger partial charge in [0.05, 0.1) is 28.5 Å². The molecule has 4 rings (SSSR count). The minimum atomic E-state index is -0.217. The molecule has 1 aliphatic rings. The van der Waals surface area contributed by atoms with Crippen molar-refractivity contribution in [3.63, 3.8) is 0 Å². The van der Waals surface area contributed by atoms with Gasteiger partial charge in [-0.25, -0.2) is 9.97 Å². The highest BCUT2D eigenvalue weighted by molar-refractivity contribution is 6.05. The highest BCUT2D eigenvalue weighted by Gasteiger charge is 2.34. The van der Waals surface area contributed by atoms with Crippen molar-refractivity contribution in [2.45, 2.75) is 39.8 Å². The molecule has 1 aromatic carbocycles. The molecule has 0 saturated carbocycles. The summed E-state index contributed by atoms with van der Waals surface area (Å²) in [4.78, 5) is 25.5. The molecule has 8 heteroatoms. The summed E-state index contributed by atoms with van der Waals surface area (Å²) in [6.45, 7) is 8.10. The predicted octanol–water partition coefficient (Wildman–Crippen LogP) is 3.51. The first-order valence-corrected chi connectivity index (χ1v) is 10.1. The molecule has 156 valence electrons. The summed E-state index contributed by atoms with van der Waals surface area (Å²) in [5.74, 6) is 0.607. The molecular weight excluding hydrogens is 378 g/mol. The average molecular weight is 406 g/mol. The van der Waals surface area contributed by atoms with Crippen molar-refractivity contribution >= 4 is 28.9 Å². The third-order valence-electron chi connectivity index (χ3n) is 5.45. The monoisotopic (exact) mass is 405 g/mol. The number of anilines is 4. The summed E-state index contributed by atoms with van der Waals surface area (Å²) in [5.41, 5.74) is 5.46. The smallest absolute Gasteiger partial charge is 0.249 e. The summed E-state index contributed by atoms with van der Waals surface area (Å²) in [6.07, 6.45) is 1.74.